The van der Waals surface area contributed by atoms with Crippen molar-refractivity contribution in [2.45, 2.75) is 12.5 Å². The van der Waals surface area contributed by atoms with Crippen LogP contribution in [-0.2, 0) is 6.42 Å². The van der Waals surface area contributed by atoms with Gasteiger partial charge in [-0.05, 0) is 51.9 Å². The van der Waals surface area contributed by atoms with E-state index in [1.165, 1.54) is 34.4 Å². The normalized spacial score (nSPS) is 13.5. The Balaban J connectivity index is 1.71. The van der Waals surface area contributed by atoms with E-state index in [9.17, 15) is 9.50 Å². The Labute approximate surface area is 128 Å². The highest BCUT2D eigenvalue weighted by molar-refractivity contribution is 5.77. The molecule has 0 aromatic heterocycles. The van der Waals surface area contributed by atoms with Crippen LogP contribution in [0.1, 0.15) is 28.4 Å². The summed E-state index contributed by atoms with van der Waals surface area (Å²) in [5.74, 6) is -0.291. The highest BCUT2D eigenvalue weighted by atomic mass is 19.1. The van der Waals surface area contributed by atoms with Gasteiger partial charge in [-0.3, -0.25) is 0 Å². The third-order valence-electron chi connectivity index (χ3n) is 4.32. The van der Waals surface area contributed by atoms with Crippen molar-refractivity contribution in [1.29, 1.82) is 0 Å². The van der Waals surface area contributed by atoms with E-state index in [0.717, 1.165) is 12.0 Å². The van der Waals surface area contributed by atoms with E-state index >= 15 is 0 Å². The molecule has 1 atom stereocenters. The highest BCUT2D eigenvalue weighted by Gasteiger charge is 2.20. The van der Waals surface area contributed by atoms with Crippen LogP contribution in [0.4, 0.5) is 4.39 Å². The Hall–Kier alpha value is -2.45. The third kappa shape index (κ3) is 2.13. The van der Waals surface area contributed by atoms with Crippen LogP contribution in [0, 0.1) is 5.82 Å². The molecule has 108 valence electrons. The topological polar surface area (TPSA) is 20.2 Å². The number of aliphatic hydroxyl groups is 1. The van der Waals surface area contributed by atoms with Gasteiger partial charge in [0.15, 0.2) is 0 Å². The summed E-state index contributed by atoms with van der Waals surface area (Å²) in [6.45, 7) is 0. The summed E-state index contributed by atoms with van der Waals surface area (Å²) < 4.78 is 13.0. The van der Waals surface area contributed by atoms with Crippen molar-refractivity contribution in [3.8, 4) is 11.1 Å². The van der Waals surface area contributed by atoms with Gasteiger partial charge in [-0.25, -0.2) is 4.39 Å². The zero-order valence-corrected chi connectivity index (χ0v) is 12.0. The van der Waals surface area contributed by atoms with E-state index < -0.39 is 6.10 Å². The van der Waals surface area contributed by atoms with Crippen molar-refractivity contribution in [2.75, 3.05) is 0 Å². The van der Waals surface area contributed by atoms with Crippen LogP contribution < -0.4 is 0 Å². The molecule has 1 aliphatic carbocycles. The molecule has 1 N–H and O–H groups in total. The minimum Gasteiger partial charge on any atom is -0.384 e. The van der Waals surface area contributed by atoms with Crippen molar-refractivity contribution in [1.82, 2.24) is 0 Å². The summed E-state index contributed by atoms with van der Waals surface area (Å²) in [4.78, 5) is 0. The number of hydrogen-bond acceptors (Lipinski definition) is 1. The minimum absolute atomic E-state index is 0.291. The second-order valence-electron chi connectivity index (χ2n) is 5.70. The maximum absolute atomic E-state index is 13.0. The van der Waals surface area contributed by atoms with Gasteiger partial charge in [0.1, 0.15) is 11.9 Å². The molecule has 0 heterocycles. The average molecular weight is 290 g/mol. The molecule has 0 radical (unpaired) electrons. The molecule has 0 aliphatic heterocycles. The third-order valence-corrected chi connectivity index (χ3v) is 4.32. The zero-order chi connectivity index (χ0) is 15.1. The van der Waals surface area contributed by atoms with Gasteiger partial charge in [0, 0.05) is 0 Å². The lowest BCUT2D eigenvalue weighted by atomic mass is 9.97. The molecular formula is C20H15FO. The summed E-state index contributed by atoms with van der Waals surface area (Å²) in [6.07, 6.45) is 0.171. The maximum Gasteiger partial charge on any atom is 0.123 e. The Morgan fingerprint density at radius 2 is 1.45 bits per heavy atom. The van der Waals surface area contributed by atoms with Gasteiger partial charge in [0.25, 0.3) is 0 Å². The smallest absolute Gasteiger partial charge is 0.123 e. The standard InChI is InChI=1S/C20H15FO/c21-17-8-5-13(6-9-17)20(22)15-7-10-19-16(12-15)11-14-3-1-2-4-18(14)19/h1-10,12,20,22H,11H2/t20-/m0/s1. The summed E-state index contributed by atoms with van der Waals surface area (Å²) in [5, 5.41) is 10.5. The van der Waals surface area contributed by atoms with Crippen LogP contribution in [0.15, 0.2) is 66.7 Å². The van der Waals surface area contributed by atoms with Gasteiger partial charge < -0.3 is 5.11 Å². The number of benzene rings is 3. The Kier molecular flexibility index (Phi) is 3.05. The van der Waals surface area contributed by atoms with Gasteiger partial charge in [-0.1, -0.05) is 54.6 Å². The lowest BCUT2D eigenvalue weighted by Gasteiger charge is -2.13. The molecule has 0 amide bonds. The van der Waals surface area contributed by atoms with Gasteiger partial charge in [-0.2, -0.15) is 0 Å². The highest BCUT2D eigenvalue weighted by Crippen LogP contribution is 2.38. The average Bonchev–Trinajstić information content (AvgIpc) is 2.92. The van der Waals surface area contributed by atoms with Crippen molar-refractivity contribution < 1.29 is 9.50 Å². The van der Waals surface area contributed by atoms with E-state index in [1.807, 2.05) is 6.07 Å². The van der Waals surface area contributed by atoms with Crippen LogP contribution in [0.25, 0.3) is 11.1 Å². The molecule has 4 rings (SSSR count). The molecule has 0 unspecified atom stereocenters. The monoisotopic (exact) mass is 290 g/mol. The van der Waals surface area contributed by atoms with E-state index in [1.54, 1.807) is 12.1 Å². The fourth-order valence-electron chi connectivity index (χ4n) is 3.17. The number of aliphatic hydroxyl groups excluding tert-OH is 1. The first kappa shape index (κ1) is 13.2. The number of hydrogen-bond donors (Lipinski definition) is 1. The Morgan fingerprint density at radius 1 is 0.773 bits per heavy atom. The molecular weight excluding hydrogens is 275 g/mol. The lowest BCUT2D eigenvalue weighted by molar-refractivity contribution is 0.220. The first-order valence-corrected chi connectivity index (χ1v) is 7.37. The number of fused-ring (bicyclic) bond motifs is 3. The van der Waals surface area contributed by atoms with Gasteiger partial charge in [0.2, 0.25) is 0 Å². The Bertz CT molecular complexity index is 837. The second kappa shape index (κ2) is 5.08. The van der Waals surface area contributed by atoms with E-state index in [0.29, 0.717) is 5.56 Å². The molecule has 3 aromatic carbocycles. The molecule has 0 saturated heterocycles. The quantitative estimate of drug-likeness (QED) is 0.577. The summed E-state index contributed by atoms with van der Waals surface area (Å²) >= 11 is 0. The van der Waals surface area contributed by atoms with Crippen LogP contribution in [0.5, 0.6) is 0 Å². The maximum atomic E-state index is 13.0. The van der Waals surface area contributed by atoms with Crippen LogP contribution in [0.2, 0.25) is 0 Å². The van der Waals surface area contributed by atoms with Crippen molar-refractivity contribution in [3.05, 3.63) is 94.8 Å². The SMILES string of the molecule is O[C@@H](c1ccc(F)cc1)c1ccc2c(c1)Cc1ccccc1-2. The van der Waals surface area contributed by atoms with Crippen molar-refractivity contribution in [2.24, 2.45) is 0 Å². The molecule has 1 nitrogen and oxygen atoms in total. The largest absolute Gasteiger partial charge is 0.384 e. The second-order valence-corrected chi connectivity index (χ2v) is 5.70. The van der Waals surface area contributed by atoms with Crippen LogP contribution in [0.3, 0.4) is 0 Å². The molecule has 0 saturated carbocycles. The predicted octanol–water partition coefficient (Wildman–Crippen LogP) is 4.48. The zero-order valence-electron chi connectivity index (χ0n) is 12.0. The minimum atomic E-state index is -0.727. The van der Waals surface area contributed by atoms with Crippen molar-refractivity contribution in [3.63, 3.8) is 0 Å². The van der Waals surface area contributed by atoms with E-state index in [2.05, 4.69) is 36.4 Å². The molecule has 2 heteroatoms. The van der Waals surface area contributed by atoms with Gasteiger partial charge >= 0.3 is 0 Å². The summed E-state index contributed by atoms with van der Waals surface area (Å²) in [7, 11) is 0. The molecule has 3 aromatic rings. The fourth-order valence-corrected chi connectivity index (χ4v) is 3.17. The Morgan fingerprint density at radius 3 is 2.27 bits per heavy atom. The fraction of sp³-hybridized carbons (Fsp3) is 0.100. The number of halogens is 1. The first-order valence-electron chi connectivity index (χ1n) is 7.37. The van der Waals surface area contributed by atoms with Crippen LogP contribution in [-0.4, -0.2) is 5.11 Å². The lowest BCUT2D eigenvalue weighted by Crippen LogP contribution is -2.00. The summed E-state index contributed by atoms with van der Waals surface area (Å²) in [6, 6.07) is 20.5. The molecule has 22 heavy (non-hydrogen) atoms. The number of rotatable bonds is 2. The van der Waals surface area contributed by atoms with Gasteiger partial charge in [-0.15, -0.1) is 0 Å². The molecule has 0 spiro atoms. The van der Waals surface area contributed by atoms with E-state index in [4.69, 9.17) is 0 Å². The van der Waals surface area contributed by atoms with Crippen LogP contribution >= 0.6 is 0 Å². The molecule has 0 fully saturated rings. The predicted molar refractivity (Wildman–Crippen MR) is 85.1 cm³/mol. The summed E-state index contributed by atoms with van der Waals surface area (Å²) in [5.41, 5.74) is 6.63. The molecule has 1 aliphatic rings. The first-order chi connectivity index (χ1) is 10.7. The van der Waals surface area contributed by atoms with Crippen molar-refractivity contribution >= 4 is 0 Å². The van der Waals surface area contributed by atoms with Gasteiger partial charge in [0.05, 0.1) is 0 Å². The van der Waals surface area contributed by atoms with E-state index in [-0.39, 0.29) is 5.82 Å². The molecule has 0 bridgehead atoms.